The highest BCUT2D eigenvalue weighted by Gasteiger charge is 2.24. The van der Waals surface area contributed by atoms with Crippen molar-refractivity contribution in [2.45, 2.75) is 31.4 Å². The predicted octanol–water partition coefficient (Wildman–Crippen LogP) is 3.68. The molecule has 0 atom stereocenters. The van der Waals surface area contributed by atoms with E-state index in [4.69, 9.17) is 16.3 Å². The van der Waals surface area contributed by atoms with E-state index < -0.39 is 10.0 Å². The van der Waals surface area contributed by atoms with Crippen molar-refractivity contribution < 1.29 is 17.9 Å². The summed E-state index contributed by atoms with van der Waals surface area (Å²) in [6.45, 7) is 3.47. The van der Waals surface area contributed by atoms with Gasteiger partial charge in [0.2, 0.25) is 15.9 Å². The SMILES string of the molecule is CCOCCN1C(=O)CCc2cc(NS(=O)(=O)Cc3ccc(CCl)cc3)ccc21. The van der Waals surface area contributed by atoms with Crippen molar-refractivity contribution in [1.82, 2.24) is 0 Å². The molecule has 1 N–H and O–H groups in total. The lowest BCUT2D eigenvalue weighted by atomic mass is 10.0. The highest BCUT2D eigenvalue weighted by Crippen LogP contribution is 2.30. The zero-order chi connectivity index (χ0) is 20.9. The van der Waals surface area contributed by atoms with Gasteiger partial charge < -0.3 is 9.64 Å². The van der Waals surface area contributed by atoms with Crippen LogP contribution in [0.1, 0.15) is 30.0 Å². The normalized spacial score (nSPS) is 14.0. The lowest BCUT2D eigenvalue weighted by Crippen LogP contribution is -2.37. The molecule has 1 aliphatic rings. The number of amides is 1. The number of benzene rings is 2. The summed E-state index contributed by atoms with van der Waals surface area (Å²) in [5, 5.41) is 0. The van der Waals surface area contributed by atoms with Gasteiger partial charge >= 0.3 is 0 Å². The molecule has 8 heteroatoms. The number of hydrogen-bond acceptors (Lipinski definition) is 4. The Morgan fingerprint density at radius 2 is 1.83 bits per heavy atom. The first kappa shape index (κ1) is 21.6. The Kier molecular flexibility index (Phi) is 7.16. The lowest BCUT2D eigenvalue weighted by Gasteiger charge is -2.29. The van der Waals surface area contributed by atoms with E-state index >= 15 is 0 Å². The van der Waals surface area contributed by atoms with Gasteiger partial charge in [0.25, 0.3) is 0 Å². The number of carbonyl (C=O) groups excluding carboxylic acids is 1. The molecular weight excluding hydrogens is 412 g/mol. The Balaban J connectivity index is 1.72. The maximum absolute atomic E-state index is 12.6. The van der Waals surface area contributed by atoms with Gasteiger partial charge in [0.15, 0.2) is 0 Å². The molecule has 1 aliphatic heterocycles. The van der Waals surface area contributed by atoms with Crippen LogP contribution >= 0.6 is 11.6 Å². The molecule has 0 unspecified atom stereocenters. The minimum Gasteiger partial charge on any atom is -0.380 e. The van der Waals surface area contributed by atoms with Crippen LogP contribution in [0.3, 0.4) is 0 Å². The van der Waals surface area contributed by atoms with Crippen LogP contribution in [0.15, 0.2) is 42.5 Å². The zero-order valence-corrected chi connectivity index (χ0v) is 17.9. The first-order valence-corrected chi connectivity index (χ1v) is 11.8. The summed E-state index contributed by atoms with van der Waals surface area (Å²) in [6.07, 6.45) is 0.997. The molecule has 2 aromatic carbocycles. The molecule has 2 aromatic rings. The summed E-state index contributed by atoms with van der Waals surface area (Å²) in [5.41, 5.74) is 3.91. The number of ether oxygens (including phenoxy) is 1. The van der Waals surface area contributed by atoms with Crippen LogP contribution in [0.4, 0.5) is 11.4 Å². The third kappa shape index (κ3) is 5.72. The van der Waals surface area contributed by atoms with E-state index in [-0.39, 0.29) is 11.7 Å². The fourth-order valence-electron chi connectivity index (χ4n) is 3.33. The average molecular weight is 437 g/mol. The minimum atomic E-state index is -3.56. The number of halogens is 1. The van der Waals surface area contributed by atoms with E-state index in [1.54, 1.807) is 29.2 Å². The summed E-state index contributed by atoms with van der Waals surface area (Å²) in [5.74, 6) is 0.335. The Morgan fingerprint density at radius 1 is 1.10 bits per heavy atom. The molecule has 156 valence electrons. The van der Waals surface area contributed by atoms with Crippen molar-refractivity contribution in [2.24, 2.45) is 0 Å². The Hall–Kier alpha value is -2.09. The van der Waals surface area contributed by atoms with Gasteiger partial charge in [-0.3, -0.25) is 9.52 Å². The molecule has 1 heterocycles. The number of alkyl halides is 1. The molecule has 0 radical (unpaired) electrons. The van der Waals surface area contributed by atoms with Crippen LogP contribution in [0.25, 0.3) is 0 Å². The molecule has 0 saturated carbocycles. The lowest BCUT2D eigenvalue weighted by molar-refractivity contribution is -0.119. The third-order valence-corrected chi connectivity index (χ3v) is 6.32. The topological polar surface area (TPSA) is 75.7 Å². The van der Waals surface area contributed by atoms with E-state index in [1.807, 2.05) is 25.1 Å². The summed E-state index contributed by atoms with van der Waals surface area (Å²) < 4.78 is 33.1. The second-order valence-corrected chi connectivity index (χ2v) is 8.89. The molecule has 6 nitrogen and oxygen atoms in total. The number of nitrogens with one attached hydrogen (secondary N) is 1. The van der Waals surface area contributed by atoms with E-state index in [1.165, 1.54) is 0 Å². The number of aryl methyl sites for hydroxylation is 1. The quantitative estimate of drug-likeness (QED) is 0.480. The van der Waals surface area contributed by atoms with E-state index in [0.29, 0.717) is 49.7 Å². The second kappa shape index (κ2) is 9.61. The van der Waals surface area contributed by atoms with E-state index in [0.717, 1.165) is 16.8 Å². The van der Waals surface area contributed by atoms with Crippen LogP contribution in [0.2, 0.25) is 0 Å². The first-order chi connectivity index (χ1) is 13.9. The maximum Gasteiger partial charge on any atom is 0.236 e. The van der Waals surface area contributed by atoms with Gasteiger partial charge in [0, 0.05) is 36.8 Å². The number of hydrogen-bond donors (Lipinski definition) is 1. The standard InChI is InChI=1S/C21H25ClN2O4S/c1-2-28-12-11-24-20-9-8-19(13-18(20)7-10-21(24)25)23-29(26,27)15-17-5-3-16(14-22)4-6-17/h3-6,8-9,13,23H,2,7,10-12,14-15H2,1H3. The maximum atomic E-state index is 12.6. The van der Waals surface area contributed by atoms with Crippen molar-refractivity contribution >= 4 is 38.9 Å². The fraction of sp³-hybridized carbons (Fsp3) is 0.381. The van der Waals surface area contributed by atoms with Gasteiger partial charge in [-0.25, -0.2) is 8.42 Å². The molecular formula is C21H25ClN2O4S. The zero-order valence-electron chi connectivity index (χ0n) is 16.4. The largest absolute Gasteiger partial charge is 0.380 e. The molecule has 29 heavy (non-hydrogen) atoms. The van der Waals surface area contributed by atoms with E-state index in [9.17, 15) is 13.2 Å². The molecule has 3 rings (SSSR count). The third-order valence-electron chi connectivity index (χ3n) is 4.75. The van der Waals surface area contributed by atoms with Crippen molar-refractivity contribution in [3.63, 3.8) is 0 Å². The fourth-order valence-corrected chi connectivity index (χ4v) is 4.70. The number of anilines is 2. The summed E-state index contributed by atoms with van der Waals surface area (Å²) in [4.78, 5) is 14.0. The highest BCUT2D eigenvalue weighted by molar-refractivity contribution is 7.91. The number of sulfonamides is 1. The second-order valence-electron chi connectivity index (χ2n) is 6.90. The number of carbonyl (C=O) groups is 1. The van der Waals surface area contributed by atoms with Crippen molar-refractivity contribution in [3.05, 3.63) is 59.2 Å². The smallest absolute Gasteiger partial charge is 0.236 e. The summed E-state index contributed by atoms with van der Waals surface area (Å²) >= 11 is 5.77. The van der Waals surface area contributed by atoms with Crippen LogP contribution in [-0.4, -0.2) is 34.1 Å². The summed E-state index contributed by atoms with van der Waals surface area (Å²) in [7, 11) is -3.56. The van der Waals surface area contributed by atoms with Gasteiger partial charge in [0.1, 0.15) is 0 Å². The van der Waals surface area contributed by atoms with Crippen molar-refractivity contribution in [2.75, 3.05) is 29.4 Å². The number of nitrogens with zero attached hydrogens (tertiary/aromatic N) is 1. The monoisotopic (exact) mass is 436 g/mol. The minimum absolute atomic E-state index is 0.0610. The molecule has 1 amide bonds. The van der Waals surface area contributed by atoms with Crippen LogP contribution in [-0.2, 0) is 37.6 Å². The van der Waals surface area contributed by atoms with Crippen LogP contribution < -0.4 is 9.62 Å². The molecule has 0 bridgehead atoms. The molecule has 0 aliphatic carbocycles. The van der Waals surface area contributed by atoms with Crippen LogP contribution in [0.5, 0.6) is 0 Å². The van der Waals surface area contributed by atoms with Crippen molar-refractivity contribution in [1.29, 1.82) is 0 Å². The number of fused-ring (bicyclic) bond motifs is 1. The Bertz CT molecular complexity index is 961. The van der Waals surface area contributed by atoms with Gasteiger partial charge in [-0.05, 0) is 48.2 Å². The van der Waals surface area contributed by atoms with Crippen LogP contribution in [0, 0.1) is 0 Å². The van der Waals surface area contributed by atoms with Gasteiger partial charge in [-0.2, -0.15) is 0 Å². The molecule has 0 aromatic heterocycles. The first-order valence-electron chi connectivity index (χ1n) is 9.57. The van der Waals surface area contributed by atoms with E-state index in [2.05, 4.69) is 4.72 Å². The van der Waals surface area contributed by atoms with Crippen molar-refractivity contribution in [3.8, 4) is 0 Å². The van der Waals surface area contributed by atoms with Gasteiger partial charge in [-0.15, -0.1) is 11.6 Å². The summed E-state index contributed by atoms with van der Waals surface area (Å²) in [6, 6.07) is 12.5. The van der Waals surface area contributed by atoms with Gasteiger partial charge in [0.05, 0.1) is 12.4 Å². The highest BCUT2D eigenvalue weighted by atomic mass is 35.5. The molecule has 0 fully saturated rings. The Morgan fingerprint density at radius 3 is 2.52 bits per heavy atom. The molecule has 0 saturated heterocycles. The average Bonchev–Trinajstić information content (AvgIpc) is 2.70. The number of rotatable bonds is 9. The van der Waals surface area contributed by atoms with Gasteiger partial charge in [-0.1, -0.05) is 24.3 Å². The molecule has 0 spiro atoms. The predicted molar refractivity (Wildman–Crippen MR) is 116 cm³/mol. The Labute approximate surface area is 176 Å².